The van der Waals surface area contributed by atoms with Gasteiger partial charge >= 0.3 is 49.4 Å². The molecule has 36 heteroatoms. The second-order valence-electron chi connectivity index (χ2n) is 17.7. The number of aliphatic hydroxyl groups is 2. The van der Waals surface area contributed by atoms with Crippen LogP contribution in [0.3, 0.4) is 0 Å². The lowest BCUT2D eigenvalue weighted by Gasteiger charge is -2.24. The second kappa shape index (κ2) is 24.8. The van der Waals surface area contributed by atoms with Crippen LogP contribution in [0.2, 0.25) is 0 Å². The summed E-state index contributed by atoms with van der Waals surface area (Å²) in [4.78, 5) is 30.4. The summed E-state index contributed by atoms with van der Waals surface area (Å²) in [5, 5.41) is 10.8. The molecule has 10 aromatic rings. The van der Waals surface area contributed by atoms with Gasteiger partial charge in [0.2, 0.25) is 0 Å². The van der Waals surface area contributed by atoms with Gasteiger partial charge in [-0.3, -0.25) is 9.80 Å². The zero-order valence-corrected chi connectivity index (χ0v) is 44.1. The minimum absolute atomic E-state index is 0.0900. The Kier molecular flexibility index (Phi) is 18.8. The Morgan fingerprint density at radius 1 is 0.244 bits per heavy atom. The van der Waals surface area contributed by atoms with Gasteiger partial charge in [-0.05, 0) is 97.1 Å². The Bertz CT molecular complexity index is 3710. The van der Waals surface area contributed by atoms with Gasteiger partial charge in [0.1, 0.15) is 46.0 Å². The number of aliphatic hydroxyl groups excluding tert-OH is 2. The molecule has 0 bridgehead atoms. The van der Waals surface area contributed by atoms with Gasteiger partial charge in [-0.2, -0.15) is 105 Å². The van der Waals surface area contributed by atoms with Crippen molar-refractivity contribution in [2.24, 2.45) is 0 Å². The van der Waals surface area contributed by atoms with Crippen LogP contribution in [0.1, 0.15) is 45.0 Å². The van der Waals surface area contributed by atoms with Crippen molar-refractivity contribution in [3.8, 4) is 0 Å². The fourth-order valence-electron chi connectivity index (χ4n) is 8.31. The number of benzene rings is 2. The summed E-state index contributed by atoms with van der Waals surface area (Å²) in [5.74, 6) is -1.64. The summed E-state index contributed by atoms with van der Waals surface area (Å²) in [6, 6.07) is 20.6. The number of para-hydroxylation sites is 2. The predicted octanol–water partition coefficient (Wildman–Crippen LogP) is 17.5. The molecule has 0 aliphatic heterocycles. The van der Waals surface area contributed by atoms with E-state index in [1.165, 1.54) is 60.7 Å². The molecule has 0 saturated carbocycles. The zero-order valence-electron chi connectivity index (χ0n) is 44.1. The first-order valence-electron chi connectivity index (χ1n) is 24.1. The Labute approximate surface area is 485 Å². The van der Waals surface area contributed by atoms with E-state index in [0.717, 1.165) is 72.6 Å². The molecular weight excluding hydrogens is 1280 g/mol. The highest BCUT2D eigenvalue weighted by Crippen LogP contribution is 2.46. The quantitative estimate of drug-likeness (QED) is 0.153. The molecule has 8 heterocycles. The van der Waals surface area contributed by atoms with Crippen molar-refractivity contribution in [1.29, 1.82) is 0 Å². The van der Waals surface area contributed by atoms with Crippen molar-refractivity contribution in [3.63, 3.8) is 0 Å². The van der Waals surface area contributed by atoms with E-state index < -0.39 is 162 Å². The number of pyridine rings is 8. The molecule has 90 heavy (non-hydrogen) atoms. The molecule has 12 nitrogen and oxygen atoms in total. The van der Waals surface area contributed by atoms with E-state index >= 15 is 0 Å². The number of rotatable bonds is 6. The highest BCUT2D eigenvalue weighted by atomic mass is 19.4. The maximum Gasteiger partial charge on any atom is 0.433 e. The van der Waals surface area contributed by atoms with Gasteiger partial charge in [-0.15, -0.1) is 0 Å². The second-order valence-corrected chi connectivity index (χ2v) is 17.7. The van der Waals surface area contributed by atoms with Crippen molar-refractivity contribution in [2.75, 3.05) is 24.0 Å². The first-order valence-corrected chi connectivity index (χ1v) is 24.1. The maximum absolute atomic E-state index is 13.6. The van der Waals surface area contributed by atoms with Crippen LogP contribution in [0, 0.1) is 0 Å². The largest absolute Gasteiger partial charge is 0.433 e. The summed E-state index contributed by atoms with van der Waals surface area (Å²) in [6.07, 6.45) is -42.1. The molecule has 0 unspecified atom stereocenters. The third kappa shape index (κ3) is 14.8. The summed E-state index contributed by atoms with van der Waals surface area (Å²) in [5.41, 5.74) is -18.1. The molecule has 0 amide bonds. The summed E-state index contributed by atoms with van der Waals surface area (Å²) >= 11 is 0. The number of alkyl halides is 24. The first kappa shape index (κ1) is 68.0. The molecule has 0 saturated heterocycles. The number of nitrogens with zero attached hydrogens (tertiary/aromatic N) is 10. The third-order valence-electron chi connectivity index (χ3n) is 12.0. The van der Waals surface area contributed by atoms with E-state index in [1.807, 2.05) is 0 Å². The monoisotopic (exact) mass is 1310 g/mol. The fourth-order valence-corrected chi connectivity index (χ4v) is 8.31. The van der Waals surface area contributed by atoms with Crippen LogP contribution in [-0.4, -0.2) is 64.3 Å². The van der Waals surface area contributed by atoms with Crippen LogP contribution in [0.5, 0.6) is 0 Å². The van der Waals surface area contributed by atoms with Gasteiger partial charge in [0, 0.05) is 47.1 Å². The van der Waals surface area contributed by atoms with Crippen LogP contribution in [-0.2, 0) is 49.4 Å². The van der Waals surface area contributed by atoms with Gasteiger partial charge in [-0.25, -0.2) is 39.9 Å². The molecular formula is C54H30F24N10O2. The summed E-state index contributed by atoms with van der Waals surface area (Å²) in [7, 11) is 2.00. The van der Waals surface area contributed by atoms with E-state index in [-0.39, 0.29) is 35.6 Å². The van der Waals surface area contributed by atoms with E-state index in [0.29, 0.717) is 0 Å². The van der Waals surface area contributed by atoms with Gasteiger partial charge in [0.25, 0.3) is 0 Å². The van der Waals surface area contributed by atoms with E-state index in [9.17, 15) is 105 Å². The molecule has 0 fully saturated rings. The maximum atomic E-state index is 13.6. The Balaban J connectivity index is 0.000000243. The van der Waals surface area contributed by atoms with Crippen LogP contribution in [0.4, 0.5) is 140 Å². The van der Waals surface area contributed by atoms with Crippen molar-refractivity contribution in [2.45, 2.75) is 49.4 Å². The molecule has 0 aliphatic carbocycles. The molecule has 2 aromatic carbocycles. The fraction of sp³-hybridized carbons (Fsp3) is 0.185. The molecule has 10 rings (SSSR count). The Hall–Kier alpha value is -9.48. The highest BCUT2D eigenvalue weighted by molar-refractivity contribution is 5.89. The number of fused-ring (bicyclic) bond motifs is 4. The van der Waals surface area contributed by atoms with Gasteiger partial charge < -0.3 is 10.2 Å². The Morgan fingerprint density at radius 3 is 0.600 bits per heavy atom. The molecule has 0 atom stereocenters. The SMILES string of the molecule is CO.CO.FC(F)(F)c1cc(C(F)(F)F)c2ccc(N(c3ccccc3)c3ccc4c(C(F)(F)F)cc(C(F)(F)F)nc4n3)nc2n1.FC(F)(F)c1cc(C(F)(F)F)c2ccc(N(c3ccccc3)c3ccc4c(C(F)(F)F)cc(C(F)(F)F)nc4n3)nc2n1. The van der Waals surface area contributed by atoms with Crippen molar-refractivity contribution in [3.05, 3.63) is 178 Å². The van der Waals surface area contributed by atoms with Crippen LogP contribution < -0.4 is 9.80 Å². The van der Waals surface area contributed by atoms with Crippen molar-refractivity contribution < 1.29 is 116 Å². The third-order valence-corrected chi connectivity index (χ3v) is 12.0. The standard InChI is InChI=1S/2C26H11F12N5.2CH4O/c2*27-23(28,29)15-10-17(25(33,34)35)39-21-13(15)6-8-19(41-21)43(12-4-2-1-3-5-12)20-9-7-14-16(24(30,31)32)11-18(26(36,37)38)40-22(14)42-20;2*1-2/h2*1-11H;2*2H,1H3. The lowest BCUT2D eigenvalue weighted by Crippen LogP contribution is -2.17. The van der Waals surface area contributed by atoms with Crippen molar-refractivity contribution >= 4 is 78.8 Å². The number of anilines is 6. The smallest absolute Gasteiger partial charge is 0.400 e. The molecule has 476 valence electrons. The number of aromatic nitrogens is 8. The summed E-state index contributed by atoms with van der Waals surface area (Å²) < 4.78 is 325. The van der Waals surface area contributed by atoms with Gasteiger partial charge in [0.05, 0.1) is 22.3 Å². The lowest BCUT2D eigenvalue weighted by atomic mass is 10.1. The van der Waals surface area contributed by atoms with E-state index in [4.69, 9.17) is 10.2 Å². The van der Waals surface area contributed by atoms with Crippen LogP contribution in [0.15, 0.2) is 133 Å². The lowest BCUT2D eigenvalue weighted by molar-refractivity contribution is -0.146. The number of hydrogen-bond acceptors (Lipinski definition) is 12. The van der Waals surface area contributed by atoms with Crippen LogP contribution >= 0.6 is 0 Å². The topological polar surface area (TPSA) is 150 Å². The molecule has 0 spiro atoms. The van der Waals surface area contributed by atoms with Crippen LogP contribution in [0.25, 0.3) is 44.1 Å². The van der Waals surface area contributed by atoms with Gasteiger partial charge in [-0.1, -0.05) is 36.4 Å². The summed E-state index contributed by atoms with van der Waals surface area (Å²) in [6.45, 7) is 0. The highest BCUT2D eigenvalue weighted by Gasteiger charge is 2.44. The molecule has 0 radical (unpaired) electrons. The average Bonchev–Trinajstić information content (AvgIpc) is 1.00. The molecule has 8 aromatic heterocycles. The zero-order chi connectivity index (χ0) is 67.1. The molecule has 2 N–H and O–H groups in total. The normalized spacial score (nSPS) is 12.7. The molecule has 0 aliphatic rings. The number of halogens is 24. The number of hydrogen-bond donors (Lipinski definition) is 2. The van der Waals surface area contributed by atoms with Crippen molar-refractivity contribution in [1.82, 2.24) is 39.9 Å². The van der Waals surface area contributed by atoms with E-state index in [1.54, 1.807) is 0 Å². The Morgan fingerprint density at radius 2 is 0.433 bits per heavy atom. The minimum atomic E-state index is -5.29. The van der Waals surface area contributed by atoms with Gasteiger partial charge in [0.15, 0.2) is 22.6 Å². The van der Waals surface area contributed by atoms with E-state index in [2.05, 4.69) is 39.9 Å². The predicted molar refractivity (Wildman–Crippen MR) is 271 cm³/mol. The average molecular weight is 1310 g/mol. The minimum Gasteiger partial charge on any atom is -0.400 e. The first-order chi connectivity index (χ1) is 41.7.